The molecule has 2 rings (SSSR count). The fourth-order valence-electron chi connectivity index (χ4n) is 2.98. The molecule has 0 saturated carbocycles. The van der Waals surface area contributed by atoms with Gasteiger partial charge in [-0.15, -0.1) is 0 Å². The van der Waals surface area contributed by atoms with Crippen molar-refractivity contribution in [2.45, 2.75) is 45.1 Å². The Morgan fingerprint density at radius 2 is 2.20 bits per heavy atom. The van der Waals surface area contributed by atoms with Crippen molar-refractivity contribution in [2.75, 3.05) is 23.8 Å². The molecule has 1 N–H and O–H groups in total. The van der Waals surface area contributed by atoms with Crippen LogP contribution in [0.4, 0.5) is 17.1 Å². The zero-order valence-electron chi connectivity index (χ0n) is 12.3. The molecule has 0 spiro atoms. The lowest BCUT2D eigenvalue weighted by molar-refractivity contribution is -0.384. The lowest BCUT2D eigenvalue weighted by Crippen LogP contribution is -2.39. The highest BCUT2D eigenvalue weighted by molar-refractivity contribution is 5.64. The maximum Gasteiger partial charge on any atom is 0.273 e. The fraction of sp³-hybridized carbons (Fsp3) is 0.600. The van der Waals surface area contributed by atoms with Gasteiger partial charge >= 0.3 is 0 Å². The number of piperidine rings is 1. The van der Waals surface area contributed by atoms with E-state index in [1.165, 1.54) is 12.8 Å². The molecule has 1 aromatic carbocycles. The number of hydrogen-bond acceptors (Lipinski definition) is 4. The SMILES string of the molecule is CCCC1CCCCN1c1cc(NC)cc([N+](=O)[O-])c1. The van der Waals surface area contributed by atoms with Crippen LogP contribution in [0.1, 0.15) is 39.0 Å². The van der Waals surface area contributed by atoms with Crippen LogP contribution in [0.25, 0.3) is 0 Å². The summed E-state index contributed by atoms with van der Waals surface area (Å²) in [5.74, 6) is 0. The van der Waals surface area contributed by atoms with Crippen LogP contribution in [0, 0.1) is 10.1 Å². The number of non-ortho nitro benzene ring substituents is 1. The van der Waals surface area contributed by atoms with E-state index in [4.69, 9.17) is 0 Å². The van der Waals surface area contributed by atoms with Crippen molar-refractivity contribution in [3.05, 3.63) is 28.3 Å². The lowest BCUT2D eigenvalue weighted by Gasteiger charge is -2.37. The summed E-state index contributed by atoms with van der Waals surface area (Å²) < 4.78 is 0. The average Bonchev–Trinajstić information content (AvgIpc) is 2.47. The summed E-state index contributed by atoms with van der Waals surface area (Å²) in [6.45, 7) is 3.19. The number of nitrogens with zero attached hydrogens (tertiary/aromatic N) is 2. The van der Waals surface area contributed by atoms with E-state index >= 15 is 0 Å². The Hall–Kier alpha value is -1.78. The highest BCUT2D eigenvalue weighted by atomic mass is 16.6. The van der Waals surface area contributed by atoms with Crippen molar-refractivity contribution in [2.24, 2.45) is 0 Å². The maximum absolute atomic E-state index is 11.1. The van der Waals surface area contributed by atoms with E-state index in [1.807, 2.05) is 6.07 Å². The molecule has 1 unspecified atom stereocenters. The molecular weight excluding hydrogens is 254 g/mol. The molecule has 110 valence electrons. The third-order valence-corrected chi connectivity index (χ3v) is 3.98. The van der Waals surface area contributed by atoms with Crippen molar-refractivity contribution in [1.82, 2.24) is 0 Å². The van der Waals surface area contributed by atoms with Crippen LogP contribution in [-0.2, 0) is 0 Å². The van der Waals surface area contributed by atoms with Gasteiger partial charge in [0.25, 0.3) is 5.69 Å². The molecule has 5 nitrogen and oxygen atoms in total. The molecule has 1 saturated heterocycles. The van der Waals surface area contributed by atoms with Crippen LogP contribution < -0.4 is 10.2 Å². The minimum Gasteiger partial charge on any atom is -0.388 e. The molecule has 0 bridgehead atoms. The molecule has 1 aliphatic heterocycles. The van der Waals surface area contributed by atoms with E-state index < -0.39 is 0 Å². The number of nitro benzene ring substituents is 1. The normalized spacial score (nSPS) is 18.9. The van der Waals surface area contributed by atoms with Crippen molar-refractivity contribution >= 4 is 17.1 Å². The van der Waals surface area contributed by atoms with Gasteiger partial charge in [-0.2, -0.15) is 0 Å². The van der Waals surface area contributed by atoms with Crippen LogP contribution in [0.2, 0.25) is 0 Å². The lowest BCUT2D eigenvalue weighted by atomic mass is 9.97. The van der Waals surface area contributed by atoms with Gasteiger partial charge in [0.2, 0.25) is 0 Å². The summed E-state index contributed by atoms with van der Waals surface area (Å²) >= 11 is 0. The minimum absolute atomic E-state index is 0.160. The largest absolute Gasteiger partial charge is 0.388 e. The molecule has 0 amide bonds. The number of hydrogen-bond donors (Lipinski definition) is 1. The second-order valence-corrected chi connectivity index (χ2v) is 5.38. The van der Waals surface area contributed by atoms with Gasteiger partial charge in [-0.3, -0.25) is 10.1 Å². The highest BCUT2D eigenvalue weighted by Gasteiger charge is 2.23. The average molecular weight is 277 g/mol. The molecular formula is C15H23N3O2. The Balaban J connectivity index is 2.33. The number of benzene rings is 1. The van der Waals surface area contributed by atoms with Crippen molar-refractivity contribution in [3.8, 4) is 0 Å². The molecule has 1 aromatic rings. The second kappa shape index (κ2) is 6.59. The Morgan fingerprint density at radius 1 is 1.40 bits per heavy atom. The molecule has 1 heterocycles. The summed E-state index contributed by atoms with van der Waals surface area (Å²) in [7, 11) is 1.79. The van der Waals surface area contributed by atoms with Gasteiger partial charge in [-0.05, 0) is 31.7 Å². The first-order valence-corrected chi connectivity index (χ1v) is 7.39. The van der Waals surface area contributed by atoms with Crippen molar-refractivity contribution in [1.29, 1.82) is 0 Å². The molecule has 1 atom stereocenters. The first-order valence-electron chi connectivity index (χ1n) is 7.39. The van der Waals surface area contributed by atoms with Gasteiger partial charge in [-0.25, -0.2) is 0 Å². The molecule has 5 heteroatoms. The maximum atomic E-state index is 11.1. The second-order valence-electron chi connectivity index (χ2n) is 5.38. The van der Waals surface area contributed by atoms with Crippen LogP contribution >= 0.6 is 0 Å². The van der Waals surface area contributed by atoms with Crippen molar-refractivity contribution in [3.63, 3.8) is 0 Å². The Kier molecular flexibility index (Phi) is 4.82. The summed E-state index contributed by atoms with van der Waals surface area (Å²) in [6, 6.07) is 5.82. The van der Waals surface area contributed by atoms with E-state index in [-0.39, 0.29) is 10.6 Å². The molecule has 1 fully saturated rings. The zero-order valence-corrected chi connectivity index (χ0v) is 12.3. The molecule has 1 aliphatic rings. The van der Waals surface area contributed by atoms with Gasteiger partial charge in [0, 0.05) is 43.1 Å². The van der Waals surface area contributed by atoms with Gasteiger partial charge < -0.3 is 10.2 Å². The van der Waals surface area contributed by atoms with E-state index in [9.17, 15) is 10.1 Å². The fourth-order valence-corrected chi connectivity index (χ4v) is 2.98. The third-order valence-electron chi connectivity index (χ3n) is 3.98. The standard InChI is InChI=1S/C15H23N3O2/c1-3-6-13-7-4-5-8-17(13)14-9-12(16-2)10-15(11-14)18(19)20/h9-11,13,16H,3-8H2,1-2H3. The Morgan fingerprint density at radius 3 is 2.85 bits per heavy atom. The van der Waals surface area contributed by atoms with Gasteiger partial charge in [0.05, 0.1) is 4.92 Å². The summed E-state index contributed by atoms with van der Waals surface area (Å²) in [4.78, 5) is 13.1. The summed E-state index contributed by atoms with van der Waals surface area (Å²) in [5, 5.41) is 14.1. The number of anilines is 2. The van der Waals surface area contributed by atoms with E-state index in [0.717, 1.165) is 37.2 Å². The zero-order chi connectivity index (χ0) is 14.5. The van der Waals surface area contributed by atoms with E-state index in [1.54, 1.807) is 19.2 Å². The summed E-state index contributed by atoms with van der Waals surface area (Å²) in [6.07, 6.45) is 5.91. The minimum atomic E-state index is -0.316. The van der Waals surface area contributed by atoms with Crippen LogP contribution in [0.15, 0.2) is 18.2 Å². The topological polar surface area (TPSA) is 58.4 Å². The molecule has 20 heavy (non-hydrogen) atoms. The first kappa shape index (κ1) is 14.6. The predicted molar refractivity (Wildman–Crippen MR) is 82.5 cm³/mol. The van der Waals surface area contributed by atoms with Gasteiger partial charge in [0.1, 0.15) is 0 Å². The molecule has 0 aliphatic carbocycles. The highest BCUT2D eigenvalue weighted by Crippen LogP contribution is 2.32. The molecule has 0 radical (unpaired) electrons. The smallest absolute Gasteiger partial charge is 0.273 e. The number of nitro groups is 1. The van der Waals surface area contributed by atoms with Crippen LogP contribution in [0.5, 0.6) is 0 Å². The van der Waals surface area contributed by atoms with E-state index in [2.05, 4.69) is 17.1 Å². The Bertz CT molecular complexity index is 474. The monoisotopic (exact) mass is 277 g/mol. The predicted octanol–water partition coefficient (Wildman–Crippen LogP) is 3.80. The van der Waals surface area contributed by atoms with Crippen LogP contribution in [0.3, 0.4) is 0 Å². The Labute approximate surface area is 120 Å². The first-order chi connectivity index (χ1) is 9.65. The number of rotatable bonds is 5. The van der Waals surface area contributed by atoms with Gasteiger partial charge in [0.15, 0.2) is 0 Å². The van der Waals surface area contributed by atoms with Crippen LogP contribution in [-0.4, -0.2) is 24.6 Å². The van der Waals surface area contributed by atoms with Gasteiger partial charge in [-0.1, -0.05) is 13.3 Å². The quantitative estimate of drug-likeness (QED) is 0.657. The third kappa shape index (κ3) is 3.21. The van der Waals surface area contributed by atoms with E-state index in [0.29, 0.717) is 6.04 Å². The summed E-state index contributed by atoms with van der Waals surface area (Å²) in [5.41, 5.74) is 1.93. The molecule has 0 aromatic heterocycles. The van der Waals surface area contributed by atoms with Crippen molar-refractivity contribution < 1.29 is 4.92 Å². The number of nitrogens with one attached hydrogen (secondary N) is 1.